The summed E-state index contributed by atoms with van der Waals surface area (Å²) in [5, 5.41) is 6.39. The minimum Gasteiger partial charge on any atom is -0.378 e. The van der Waals surface area contributed by atoms with Crippen LogP contribution in [-0.4, -0.2) is 62.8 Å². The van der Waals surface area contributed by atoms with Gasteiger partial charge in [0.1, 0.15) is 0 Å². The van der Waals surface area contributed by atoms with Crippen molar-refractivity contribution in [3.8, 4) is 0 Å². The summed E-state index contributed by atoms with van der Waals surface area (Å²) in [5.74, 6) is 0.809. The van der Waals surface area contributed by atoms with Gasteiger partial charge in [-0.15, -0.1) is 0 Å². The molecule has 0 aromatic carbocycles. The molecule has 1 unspecified atom stereocenters. The molecule has 0 bridgehead atoms. The normalized spacial score (nSPS) is 26.3. The van der Waals surface area contributed by atoms with Gasteiger partial charge in [0, 0.05) is 25.6 Å². The van der Waals surface area contributed by atoms with Crippen LogP contribution in [-0.2, 0) is 9.53 Å². The highest BCUT2D eigenvalue weighted by molar-refractivity contribution is 5.76. The highest BCUT2D eigenvalue weighted by Crippen LogP contribution is 2.15. The Morgan fingerprint density at radius 2 is 2.21 bits per heavy atom. The topological polar surface area (TPSA) is 53.6 Å². The zero-order chi connectivity index (χ0) is 13.5. The van der Waals surface area contributed by atoms with Crippen LogP contribution in [0.15, 0.2) is 0 Å². The quantitative estimate of drug-likeness (QED) is 0.749. The molecule has 2 aliphatic rings. The number of nitrogens with one attached hydrogen (secondary N) is 2. The van der Waals surface area contributed by atoms with Crippen molar-refractivity contribution in [2.75, 3.05) is 45.9 Å². The van der Waals surface area contributed by atoms with E-state index >= 15 is 0 Å². The van der Waals surface area contributed by atoms with Gasteiger partial charge in [-0.05, 0) is 38.4 Å². The molecule has 2 rings (SSSR count). The standard InChI is InChI=1S/C14H27N3O2/c1-2-17-6-3-12(4-7-17)10-16-14(18)9-13-11-19-8-5-15-13/h12-13,15H,2-11H2,1H3,(H,16,18). The van der Waals surface area contributed by atoms with Crippen molar-refractivity contribution in [1.29, 1.82) is 0 Å². The number of nitrogens with zero attached hydrogens (tertiary/aromatic N) is 1. The van der Waals surface area contributed by atoms with Crippen molar-refractivity contribution in [3.05, 3.63) is 0 Å². The van der Waals surface area contributed by atoms with Crippen molar-refractivity contribution >= 4 is 5.91 Å². The summed E-state index contributed by atoms with van der Waals surface area (Å²) in [7, 11) is 0. The van der Waals surface area contributed by atoms with Gasteiger partial charge in [0.05, 0.1) is 13.2 Å². The number of carbonyl (C=O) groups excluding carboxylic acids is 1. The fraction of sp³-hybridized carbons (Fsp3) is 0.929. The molecule has 0 aromatic rings. The van der Waals surface area contributed by atoms with Gasteiger partial charge < -0.3 is 20.3 Å². The number of piperidine rings is 1. The molecular weight excluding hydrogens is 242 g/mol. The molecule has 0 spiro atoms. The number of morpholine rings is 1. The van der Waals surface area contributed by atoms with Gasteiger partial charge in [0.2, 0.25) is 5.91 Å². The lowest BCUT2D eigenvalue weighted by molar-refractivity contribution is -0.122. The van der Waals surface area contributed by atoms with Crippen molar-refractivity contribution in [1.82, 2.24) is 15.5 Å². The smallest absolute Gasteiger partial charge is 0.221 e. The van der Waals surface area contributed by atoms with Gasteiger partial charge in [-0.3, -0.25) is 4.79 Å². The van der Waals surface area contributed by atoms with E-state index in [0.29, 0.717) is 18.9 Å². The third kappa shape index (κ3) is 5.09. The van der Waals surface area contributed by atoms with E-state index in [9.17, 15) is 4.79 Å². The van der Waals surface area contributed by atoms with Crippen LogP contribution in [0, 0.1) is 5.92 Å². The monoisotopic (exact) mass is 269 g/mol. The molecule has 2 aliphatic heterocycles. The molecule has 5 heteroatoms. The molecule has 2 heterocycles. The predicted octanol–water partition coefficient (Wildman–Crippen LogP) is 0.213. The van der Waals surface area contributed by atoms with E-state index in [0.717, 1.165) is 26.2 Å². The Hall–Kier alpha value is -0.650. The molecule has 19 heavy (non-hydrogen) atoms. The first-order chi connectivity index (χ1) is 9.28. The minimum absolute atomic E-state index is 0.154. The first-order valence-electron chi connectivity index (χ1n) is 7.58. The second-order valence-electron chi connectivity index (χ2n) is 5.61. The number of hydrogen-bond acceptors (Lipinski definition) is 4. The lowest BCUT2D eigenvalue weighted by atomic mass is 9.97. The molecule has 1 atom stereocenters. The van der Waals surface area contributed by atoms with E-state index in [1.807, 2.05) is 0 Å². The second kappa shape index (κ2) is 7.82. The Morgan fingerprint density at radius 1 is 1.42 bits per heavy atom. The predicted molar refractivity (Wildman–Crippen MR) is 75.1 cm³/mol. The SMILES string of the molecule is CCN1CCC(CNC(=O)CC2COCCN2)CC1. The first kappa shape index (κ1) is 14.8. The number of hydrogen-bond donors (Lipinski definition) is 2. The van der Waals surface area contributed by atoms with E-state index in [4.69, 9.17) is 4.74 Å². The number of carbonyl (C=O) groups is 1. The van der Waals surface area contributed by atoms with Crippen LogP contribution in [0.3, 0.4) is 0 Å². The zero-order valence-electron chi connectivity index (χ0n) is 12.0. The summed E-state index contributed by atoms with van der Waals surface area (Å²) in [4.78, 5) is 14.3. The molecule has 0 aromatic heterocycles. The lowest BCUT2D eigenvalue weighted by Crippen LogP contribution is -2.45. The van der Waals surface area contributed by atoms with E-state index in [2.05, 4.69) is 22.5 Å². The molecule has 0 aliphatic carbocycles. The van der Waals surface area contributed by atoms with Crippen LogP contribution in [0.25, 0.3) is 0 Å². The van der Waals surface area contributed by atoms with Crippen molar-refractivity contribution < 1.29 is 9.53 Å². The summed E-state index contributed by atoms with van der Waals surface area (Å²) in [5.41, 5.74) is 0. The van der Waals surface area contributed by atoms with Crippen LogP contribution in [0.4, 0.5) is 0 Å². The minimum atomic E-state index is 0.154. The van der Waals surface area contributed by atoms with E-state index in [1.54, 1.807) is 0 Å². The molecular formula is C14H27N3O2. The van der Waals surface area contributed by atoms with Crippen molar-refractivity contribution in [2.24, 2.45) is 5.92 Å². The average molecular weight is 269 g/mol. The summed E-state index contributed by atoms with van der Waals surface area (Å²) in [6, 6.07) is 0.190. The van der Waals surface area contributed by atoms with E-state index in [-0.39, 0.29) is 11.9 Å². The van der Waals surface area contributed by atoms with Gasteiger partial charge in [-0.25, -0.2) is 0 Å². The third-order valence-electron chi connectivity index (χ3n) is 4.17. The second-order valence-corrected chi connectivity index (χ2v) is 5.61. The largest absolute Gasteiger partial charge is 0.378 e. The fourth-order valence-corrected chi connectivity index (χ4v) is 2.81. The Kier molecular flexibility index (Phi) is 6.07. The van der Waals surface area contributed by atoms with Crippen molar-refractivity contribution in [2.45, 2.75) is 32.2 Å². The molecule has 0 radical (unpaired) electrons. The summed E-state index contributed by atoms with van der Waals surface area (Å²) in [6.07, 6.45) is 2.95. The third-order valence-corrected chi connectivity index (χ3v) is 4.17. The van der Waals surface area contributed by atoms with Crippen LogP contribution >= 0.6 is 0 Å². The highest BCUT2D eigenvalue weighted by Gasteiger charge is 2.20. The lowest BCUT2D eigenvalue weighted by Gasteiger charge is -2.31. The van der Waals surface area contributed by atoms with Crippen LogP contribution in [0.1, 0.15) is 26.2 Å². The summed E-state index contributed by atoms with van der Waals surface area (Å²) in [6.45, 7) is 8.81. The number of amides is 1. The van der Waals surface area contributed by atoms with Gasteiger partial charge in [-0.2, -0.15) is 0 Å². The molecule has 2 saturated heterocycles. The summed E-state index contributed by atoms with van der Waals surface area (Å²) < 4.78 is 5.35. The van der Waals surface area contributed by atoms with E-state index in [1.165, 1.54) is 25.9 Å². The van der Waals surface area contributed by atoms with Crippen LogP contribution in [0.2, 0.25) is 0 Å². The molecule has 110 valence electrons. The Morgan fingerprint density at radius 3 is 2.84 bits per heavy atom. The molecule has 2 fully saturated rings. The molecule has 0 saturated carbocycles. The summed E-state index contributed by atoms with van der Waals surface area (Å²) >= 11 is 0. The number of ether oxygens (including phenoxy) is 1. The van der Waals surface area contributed by atoms with Crippen molar-refractivity contribution in [3.63, 3.8) is 0 Å². The fourth-order valence-electron chi connectivity index (χ4n) is 2.81. The maximum atomic E-state index is 11.9. The first-order valence-corrected chi connectivity index (χ1v) is 7.58. The molecule has 5 nitrogen and oxygen atoms in total. The Labute approximate surface area is 116 Å². The van der Waals surface area contributed by atoms with Gasteiger partial charge in [0.25, 0.3) is 0 Å². The number of likely N-dealkylation sites (tertiary alicyclic amines) is 1. The zero-order valence-corrected chi connectivity index (χ0v) is 12.0. The maximum Gasteiger partial charge on any atom is 0.221 e. The molecule has 1 amide bonds. The van der Waals surface area contributed by atoms with Crippen LogP contribution < -0.4 is 10.6 Å². The van der Waals surface area contributed by atoms with Gasteiger partial charge in [0.15, 0.2) is 0 Å². The maximum absolute atomic E-state index is 11.9. The number of rotatable bonds is 5. The highest BCUT2D eigenvalue weighted by atomic mass is 16.5. The average Bonchev–Trinajstić information content (AvgIpc) is 2.47. The Bertz CT molecular complexity index is 272. The Balaban J connectivity index is 1.58. The molecule has 2 N–H and O–H groups in total. The van der Waals surface area contributed by atoms with E-state index < -0.39 is 0 Å². The van der Waals surface area contributed by atoms with Gasteiger partial charge in [-0.1, -0.05) is 6.92 Å². The van der Waals surface area contributed by atoms with Gasteiger partial charge >= 0.3 is 0 Å². The van der Waals surface area contributed by atoms with Crippen LogP contribution in [0.5, 0.6) is 0 Å².